The van der Waals surface area contributed by atoms with E-state index in [1.165, 1.54) is 0 Å². The number of aryl methyl sites for hydroxylation is 2. The van der Waals surface area contributed by atoms with Crippen LogP contribution in [0.4, 0.5) is 0 Å². The highest BCUT2D eigenvalue weighted by Gasteiger charge is 2.25. The average molecular weight is 274 g/mol. The van der Waals surface area contributed by atoms with E-state index < -0.39 is 11.9 Å². The van der Waals surface area contributed by atoms with E-state index in [1.54, 1.807) is 11.6 Å². The van der Waals surface area contributed by atoms with Crippen molar-refractivity contribution in [2.24, 2.45) is 5.92 Å². The lowest BCUT2D eigenvalue weighted by Crippen LogP contribution is -2.23. The Balaban J connectivity index is 2.48. The van der Waals surface area contributed by atoms with Gasteiger partial charge >= 0.3 is 5.97 Å². The second kappa shape index (κ2) is 5.40. The van der Waals surface area contributed by atoms with Crippen molar-refractivity contribution in [3.63, 3.8) is 0 Å². The molecule has 0 saturated heterocycles. The summed E-state index contributed by atoms with van der Waals surface area (Å²) in [6, 6.07) is 5.72. The van der Waals surface area contributed by atoms with Crippen LogP contribution < -0.4 is 0 Å². The first-order chi connectivity index (χ1) is 9.41. The number of nitrogens with zero attached hydrogens (tertiary/aromatic N) is 4. The number of carboxylic acid groups (broad SMARTS) is 1. The van der Waals surface area contributed by atoms with Crippen LogP contribution >= 0.6 is 0 Å². The van der Waals surface area contributed by atoms with Crippen LogP contribution in [-0.2, 0) is 4.79 Å². The first-order valence-corrected chi connectivity index (χ1v) is 6.50. The molecule has 1 aromatic carbocycles. The fraction of sp³-hybridized carbons (Fsp3) is 0.429. The molecular weight excluding hydrogens is 256 g/mol. The SMILES string of the molecule is Cc1ccc(C)c(-c2nnnn2C(C)C(C)C(=O)O)c1. The number of tetrazole rings is 1. The fourth-order valence-corrected chi connectivity index (χ4v) is 2.04. The van der Waals surface area contributed by atoms with Gasteiger partial charge in [0.2, 0.25) is 0 Å². The van der Waals surface area contributed by atoms with Gasteiger partial charge in [0.1, 0.15) is 0 Å². The van der Waals surface area contributed by atoms with Gasteiger partial charge in [-0.2, -0.15) is 0 Å². The van der Waals surface area contributed by atoms with E-state index in [1.807, 2.05) is 39.0 Å². The predicted molar refractivity (Wildman–Crippen MR) is 74.2 cm³/mol. The molecule has 2 rings (SSSR count). The van der Waals surface area contributed by atoms with E-state index >= 15 is 0 Å². The first-order valence-electron chi connectivity index (χ1n) is 6.50. The Morgan fingerprint density at radius 2 is 2.00 bits per heavy atom. The zero-order valence-corrected chi connectivity index (χ0v) is 12.0. The zero-order valence-electron chi connectivity index (χ0n) is 12.0. The lowest BCUT2D eigenvalue weighted by atomic mass is 10.0. The third kappa shape index (κ3) is 2.54. The van der Waals surface area contributed by atoms with Crippen LogP contribution in [0.2, 0.25) is 0 Å². The van der Waals surface area contributed by atoms with Crippen molar-refractivity contribution in [1.82, 2.24) is 20.2 Å². The first kappa shape index (κ1) is 14.2. The predicted octanol–water partition coefficient (Wildman–Crippen LogP) is 2.24. The monoisotopic (exact) mass is 274 g/mol. The number of aliphatic carboxylic acids is 1. The van der Waals surface area contributed by atoms with Crippen LogP contribution in [0.1, 0.15) is 31.0 Å². The summed E-state index contributed by atoms with van der Waals surface area (Å²) in [5.41, 5.74) is 3.10. The molecule has 0 aliphatic heterocycles. The smallest absolute Gasteiger partial charge is 0.308 e. The Morgan fingerprint density at radius 1 is 1.30 bits per heavy atom. The Hall–Kier alpha value is -2.24. The summed E-state index contributed by atoms with van der Waals surface area (Å²) >= 11 is 0. The summed E-state index contributed by atoms with van der Waals surface area (Å²) < 4.78 is 1.58. The molecule has 1 aromatic heterocycles. The van der Waals surface area contributed by atoms with Crippen molar-refractivity contribution in [2.75, 3.05) is 0 Å². The highest BCUT2D eigenvalue weighted by atomic mass is 16.4. The quantitative estimate of drug-likeness (QED) is 0.924. The van der Waals surface area contributed by atoms with E-state index in [0.29, 0.717) is 5.82 Å². The molecule has 0 aliphatic carbocycles. The summed E-state index contributed by atoms with van der Waals surface area (Å²) in [6.45, 7) is 7.45. The molecule has 0 amide bonds. The van der Waals surface area contributed by atoms with Crippen molar-refractivity contribution in [3.8, 4) is 11.4 Å². The molecule has 0 saturated carbocycles. The molecule has 6 heteroatoms. The molecule has 2 unspecified atom stereocenters. The molecular formula is C14H18N4O2. The molecule has 1 heterocycles. The van der Waals surface area contributed by atoms with Crippen molar-refractivity contribution in [1.29, 1.82) is 0 Å². The van der Waals surface area contributed by atoms with E-state index in [0.717, 1.165) is 16.7 Å². The maximum absolute atomic E-state index is 11.1. The number of rotatable bonds is 4. The number of carboxylic acids is 1. The molecule has 0 aliphatic rings. The summed E-state index contributed by atoms with van der Waals surface area (Å²) in [5, 5.41) is 20.9. The number of hydrogen-bond acceptors (Lipinski definition) is 4. The summed E-state index contributed by atoms with van der Waals surface area (Å²) in [7, 11) is 0. The van der Waals surface area contributed by atoms with Gasteiger partial charge in [-0.15, -0.1) is 5.10 Å². The summed E-state index contributed by atoms with van der Waals surface area (Å²) in [5.74, 6) is -0.825. The maximum Gasteiger partial charge on any atom is 0.308 e. The minimum absolute atomic E-state index is 0.322. The minimum Gasteiger partial charge on any atom is -0.481 e. The minimum atomic E-state index is -0.861. The maximum atomic E-state index is 11.1. The van der Waals surface area contributed by atoms with E-state index in [2.05, 4.69) is 15.5 Å². The van der Waals surface area contributed by atoms with Gasteiger partial charge in [-0.3, -0.25) is 4.79 Å². The van der Waals surface area contributed by atoms with Gasteiger partial charge in [0.05, 0.1) is 12.0 Å². The molecule has 1 N–H and O–H groups in total. The number of aromatic nitrogens is 4. The van der Waals surface area contributed by atoms with Gasteiger partial charge in [-0.25, -0.2) is 4.68 Å². The Labute approximate surface area is 117 Å². The Kier molecular flexibility index (Phi) is 3.83. The normalized spacial score (nSPS) is 14.0. The van der Waals surface area contributed by atoms with Gasteiger partial charge in [0, 0.05) is 5.56 Å². The third-order valence-corrected chi connectivity index (χ3v) is 3.63. The molecule has 0 fully saturated rings. The van der Waals surface area contributed by atoms with Gasteiger partial charge in [-0.1, -0.05) is 17.7 Å². The zero-order chi connectivity index (χ0) is 14.9. The van der Waals surface area contributed by atoms with Gasteiger partial charge in [0.15, 0.2) is 5.82 Å². The van der Waals surface area contributed by atoms with Crippen LogP contribution in [0.3, 0.4) is 0 Å². The molecule has 0 bridgehead atoms. The van der Waals surface area contributed by atoms with E-state index in [-0.39, 0.29) is 6.04 Å². The van der Waals surface area contributed by atoms with E-state index in [4.69, 9.17) is 5.11 Å². The average Bonchev–Trinajstić information content (AvgIpc) is 2.88. The largest absolute Gasteiger partial charge is 0.481 e. The fourth-order valence-electron chi connectivity index (χ4n) is 2.04. The van der Waals surface area contributed by atoms with Crippen LogP contribution in [0.25, 0.3) is 11.4 Å². The van der Waals surface area contributed by atoms with E-state index in [9.17, 15) is 4.79 Å². The summed E-state index contributed by atoms with van der Waals surface area (Å²) in [6.07, 6.45) is 0. The van der Waals surface area contributed by atoms with Crippen LogP contribution in [0.5, 0.6) is 0 Å². The summed E-state index contributed by atoms with van der Waals surface area (Å²) in [4.78, 5) is 11.1. The highest BCUT2D eigenvalue weighted by molar-refractivity contribution is 5.70. The molecule has 20 heavy (non-hydrogen) atoms. The van der Waals surface area contributed by atoms with Crippen molar-refractivity contribution < 1.29 is 9.90 Å². The molecule has 0 spiro atoms. The third-order valence-electron chi connectivity index (χ3n) is 3.63. The Bertz CT molecular complexity index is 636. The van der Waals surface area contributed by atoms with Crippen LogP contribution in [0.15, 0.2) is 18.2 Å². The lowest BCUT2D eigenvalue weighted by molar-refractivity contribution is -0.142. The second-order valence-corrected chi connectivity index (χ2v) is 5.13. The molecule has 2 aromatic rings. The number of carbonyl (C=O) groups is 1. The molecule has 106 valence electrons. The lowest BCUT2D eigenvalue weighted by Gasteiger charge is -2.18. The van der Waals surface area contributed by atoms with Crippen LogP contribution in [0, 0.1) is 19.8 Å². The van der Waals surface area contributed by atoms with Gasteiger partial charge in [0.25, 0.3) is 0 Å². The van der Waals surface area contributed by atoms with Gasteiger partial charge in [-0.05, 0) is 49.8 Å². The topological polar surface area (TPSA) is 80.9 Å². The van der Waals surface area contributed by atoms with Crippen molar-refractivity contribution in [3.05, 3.63) is 29.3 Å². The second-order valence-electron chi connectivity index (χ2n) is 5.13. The Morgan fingerprint density at radius 3 is 2.65 bits per heavy atom. The molecule has 6 nitrogen and oxygen atoms in total. The number of benzene rings is 1. The molecule has 2 atom stereocenters. The van der Waals surface area contributed by atoms with Gasteiger partial charge < -0.3 is 5.11 Å². The van der Waals surface area contributed by atoms with Crippen LogP contribution in [-0.4, -0.2) is 31.3 Å². The van der Waals surface area contributed by atoms with Crippen molar-refractivity contribution >= 4 is 5.97 Å². The standard InChI is InChI=1S/C14H18N4O2/c1-8-5-6-9(2)12(7-8)13-15-16-17-18(13)11(4)10(3)14(19)20/h5-7,10-11H,1-4H3,(H,19,20). The molecule has 0 radical (unpaired) electrons. The number of hydrogen-bond donors (Lipinski definition) is 1. The highest BCUT2D eigenvalue weighted by Crippen LogP contribution is 2.26. The van der Waals surface area contributed by atoms with Crippen molar-refractivity contribution in [2.45, 2.75) is 33.7 Å².